The molecule has 0 unspecified atom stereocenters. The molecule has 0 amide bonds. The first-order chi connectivity index (χ1) is 16.2. The lowest BCUT2D eigenvalue weighted by molar-refractivity contribution is 0.358. The van der Waals surface area contributed by atoms with Gasteiger partial charge in [0.15, 0.2) is 17.0 Å². The van der Waals surface area contributed by atoms with Crippen LogP contribution in [0, 0.1) is 0 Å². The van der Waals surface area contributed by atoms with Crippen molar-refractivity contribution in [3.8, 4) is 0 Å². The fourth-order valence-electron chi connectivity index (χ4n) is 4.49. The van der Waals surface area contributed by atoms with Crippen LogP contribution in [-0.2, 0) is 6.54 Å². The van der Waals surface area contributed by atoms with Crippen molar-refractivity contribution in [1.29, 1.82) is 0 Å². The molecule has 0 bridgehead atoms. The van der Waals surface area contributed by atoms with Crippen LogP contribution < -0.4 is 15.5 Å². The van der Waals surface area contributed by atoms with Gasteiger partial charge in [-0.3, -0.25) is 0 Å². The number of imidazole rings is 1. The molecule has 0 spiro atoms. The molecule has 33 heavy (non-hydrogen) atoms. The minimum Gasteiger partial charge on any atom is -0.378 e. The summed E-state index contributed by atoms with van der Waals surface area (Å²) in [5.74, 6) is 1.33. The first-order valence-electron chi connectivity index (χ1n) is 11.7. The fourth-order valence-corrected chi connectivity index (χ4v) is 4.49. The van der Waals surface area contributed by atoms with Gasteiger partial charge in [-0.05, 0) is 36.6 Å². The summed E-state index contributed by atoms with van der Waals surface area (Å²) >= 11 is 0. The topological polar surface area (TPSA) is 70.9 Å². The van der Waals surface area contributed by atoms with Crippen molar-refractivity contribution < 1.29 is 0 Å². The predicted octanol–water partition coefficient (Wildman–Crippen LogP) is 5.75. The highest BCUT2D eigenvalue weighted by Crippen LogP contribution is 2.32. The summed E-state index contributed by atoms with van der Waals surface area (Å²) in [4.78, 5) is 16.6. The number of nitrogens with zero attached hydrogens (tertiary/aromatic N) is 5. The second kappa shape index (κ2) is 9.48. The predicted molar refractivity (Wildman–Crippen MR) is 135 cm³/mol. The normalized spacial score (nSPS) is 14.4. The van der Waals surface area contributed by atoms with Crippen LogP contribution in [-0.4, -0.2) is 33.6 Å². The standard InChI is InChI=1S/C26H31N7/c1-32(2)22-15-9-12-20(16-22)29-26-30-24(27-17-19-10-5-3-6-11-19)23-25(31-26)33(18-28-23)21-13-7-4-8-14-21/h3,5-6,9-12,15-16,18,21H,4,7-8,13-14,17H2,1-2H3,(H2,27,29,30,31). The molecule has 0 aliphatic heterocycles. The lowest BCUT2D eigenvalue weighted by atomic mass is 9.95. The Labute approximate surface area is 194 Å². The molecule has 1 fully saturated rings. The van der Waals surface area contributed by atoms with E-state index in [2.05, 4.69) is 56.5 Å². The van der Waals surface area contributed by atoms with E-state index in [0.29, 0.717) is 18.5 Å². The first kappa shape index (κ1) is 21.2. The SMILES string of the molecule is CN(C)c1cccc(Nc2nc(NCc3ccccc3)c3ncn(C4CCCCC4)c3n2)c1. The molecule has 7 heteroatoms. The van der Waals surface area contributed by atoms with E-state index in [9.17, 15) is 0 Å². The van der Waals surface area contributed by atoms with Gasteiger partial charge >= 0.3 is 0 Å². The number of anilines is 4. The van der Waals surface area contributed by atoms with Gasteiger partial charge < -0.3 is 20.1 Å². The van der Waals surface area contributed by atoms with Crippen LogP contribution in [0.2, 0.25) is 0 Å². The summed E-state index contributed by atoms with van der Waals surface area (Å²) in [7, 11) is 4.08. The van der Waals surface area contributed by atoms with Crippen LogP contribution in [0.25, 0.3) is 11.2 Å². The zero-order chi connectivity index (χ0) is 22.6. The molecule has 0 atom stereocenters. The summed E-state index contributed by atoms with van der Waals surface area (Å²) in [6, 6.07) is 19.1. The van der Waals surface area contributed by atoms with Gasteiger partial charge in [-0.2, -0.15) is 9.97 Å². The van der Waals surface area contributed by atoms with Crippen LogP contribution in [0.4, 0.5) is 23.1 Å². The van der Waals surface area contributed by atoms with Gasteiger partial charge in [0.25, 0.3) is 0 Å². The molecule has 2 aromatic heterocycles. The van der Waals surface area contributed by atoms with Crippen molar-refractivity contribution in [3.63, 3.8) is 0 Å². The number of aromatic nitrogens is 4. The van der Waals surface area contributed by atoms with Crippen molar-refractivity contribution in [2.24, 2.45) is 0 Å². The highest BCUT2D eigenvalue weighted by molar-refractivity contribution is 5.85. The number of benzene rings is 2. The van der Waals surface area contributed by atoms with Gasteiger partial charge in [-0.15, -0.1) is 0 Å². The second-order valence-electron chi connectivity index (χ2n) is 8.92. The summed E-state index contributed by atoms with van der Waals surface area (Å²) in [5.41, 5.74) is 4.99. The van der Waals surface area contributed by atoms with E-state index in [0.717, 1.165) is 28.4 Å². The van der Waals surface area contributed by atoms with Crippen molar-refractivity contribution in [3.05, 3.63) is 66.5 Å². The third-order valence-electron chi connectivity index (χ3n) is 6.31. The van der Waals surface area contributed by atoms with Crippen molar-refractivity contribution in [2.45, 2.75) is 44.7 Å². The highest BCUT2D eigenvalue weighted by atomic mass is 15.2. The highest BCUT2D eigenvalue weighted by Gasteiger charge is 2.21. The Morgan fingerprint density at radius 3 is 2.58 bits per heavy atom. The minimum atomic E-state index is 0.450. The molecule has 0 radical (unpaired) electrons. The molecule has 2 N–H and O–H groups in total. The first-order valence-corrected chi connectivity index (χ1v) is 11.7. The molecule has 0 saturated heterocycles. The maximum absolute atomic E-state index is 4.92. The van der Waals surface area contributed by atoms with Gasteiger partial charge in [0, 0.05) is 38.1 Å². The van der Waals surface area contributed by atoms with Crippen LogP contribution in [0.5, 0.6) is 0 Å². The third-order valence-corrected chi connectivity index (χ3v) is 6.31. The Hall–Kier alpha value is -3.61. The lowest BCUT2D eigenvalue weighted by Crippen LogP contribution is -2.13. The molecular weight excluding hydrogens is 410 g/mol. The smallest absolute Gasteiger partial charge is 0.231 e. The Morgan fingerprint density at radius 1 is 0.970 bits per heavy atom. The third kappa shape index (κ3) is 4.77. The molecular formula is C26H31N7. The van der Waals surface area contributed by atoms with E-state index in [4.69, 9.17) is 15.0 Å². The molecule has 1 aliphatic carbocycles. The molecule has 170 valence electrons. The van der Waals surface area contributed by atoms with Crippen LogP contribution in [0.1, 0.15) is 43.7 Å². The summed E-state index contributed by atoms with van der Waals surface area (Å²) in [5, 5.41) is 6.92. The number of hydrogen-bond acceptors (Lipinski definition) is 6. The zero-order valence-corrected chi connectivity index (χ0v) is 19.3. The number of nitrogens with one attached hydrogen (secondary N) is 2. The number of hydrogen-bond donors (Lipinski definition) is 2. The monoisotopic (exact) mass is 441 g/mol. The zero-order valence-electron chi connectivity index (χ0n) is 19.3. The van der Waals surface area contributed by atoms with Gasteiger partial charge in [-0.25, -0.2) is 4.98 Å². The van der Waals surface area contributed by atoms with Gasteiger partial charge in [0.05, 0.1) is 6.33 Å². The van der Waals surface area contributed by atoms with E-state index >= 15 is 0 Å². The van der Waals surface area contributed by atoms with E-state index in [-0.39, 0.29) is 0 Å². The Morgan fingerprint density at radius 2 is 1.79 bits per heavy atom. The van der Waals surface area contributed by atoms with E-state index in [1.807, 2.05) is 38.6 Å². The van der Waals surface area contributed by atoms with Crippen LogP contribution in [0.15, 0.2) is 60.9 Å². The van der Waals surface area contributed by atoms with Crippen LogP contribution in [0.3, 0.4) is 0 Å². The molecule has 7 nitrogen and oxygen atoms in total. The average Bonchev–Trinajstić information content (AvgIpc) is 3.28. The average molecular weight is 442 g/mol. The summed E-state index contributed by atoms with van der Waals surface area (Å²) in [6.07, 6.45) is 8.14. The van der Waals surface area contributed by atoms with Crippen molar-refractivity contribution in [2.75, 3.05) is 29.6 Å². The fraction of sp³-hybridized carbons (Fsp3) is 0.346. The van der Waals surface area contributed by atoms with Gasteiger partial charge in [0.1, 0.15) is 0 Å². The van der Waals surface area contributed by atoms with E-state index < -0.39 is 0 Å². The summed E-state index contributed by atoms with van der Waals surface area (Å²) in [6.45, 7) is 0.679. The minimum absolute atomic E-state index is 0.450. The molecule has 5 rings (SSSR count). The molecule has 4 aromatic rings. The largest absolute Gasteiger partial charge is 0.378 e. The molecule has 1 aliphatic rings. The number of rotatable bonds is 7. The van der Waals surface area contributed by atoms with Gasteiger partial charge in [0.2, 0.25) is 5.95 Å². The molecule has 2 heterocycles. The van der Waals surface area contributed by atoms with Gasteiger partial charge in [-0.1, -0.05) is 55.7 Å². The summed E-state index contributed by atoms with van der Waals surface area (Å²) < 4.78 is 2.26. The maximum atomic E-state index is 4.92. The molecule has 1 saturated carbocycles. The molecule has 2 aromatic carbocycles. The van der Waals surface area contributed by atoms with Crippen molar-refractivity contribution in [1.82, 2.24) is 19.5 Å². The van der Waals surface area contributed by atoms with Crippen molar-refractivity contribution >= 4 is 34.3 Å². The maximum Gasteiger partial charge on any atom is 0.231 e. The van der Waals surface area contributed by atoms with E-state index in [1.54, 1.807) is 0 Å². The Kier molecular flexibility index (Phi) is 6.11. The van der Waals surface area contributed by atoms with E-state index in [1.165, 1.54) is 37.7 Å². The lowest BCUT2D eigenvalue weighted by Gasteiger charge is -2.23. The Balaban J connectivity index is 1.51. The Bertz CT molecular complexity index is 1210. The quantitative estimate of drug-likeness (QED) is 0.380. The second-order valence-corrected chi connectivity index (χ2v) is 8.92. The number of fused-ring (bicyclic) bond motifs is 1. The van der Waals surface area contributed by atoms with Crippen LogP contribution >= 0.6 is 0 Å².